The van der Waals surface area contributed by atoms with Crippen LogP contribution in [0.15, 0.2) is 52.9 Å². The average molecular weight is 355 g/mol. The van der Waals surface area contributed by atoms with E-state index in [-0.39, 0.29) is 23.9 Å². The van der Waals surface area contributed by atoms with E-state index in [1.807, 2.05) is 54.5 Å². The van der Waals surface area contributed by atoms with Crippen LogP contribution in [0.4, 0.5) is 0 Å². The molecule has 0 saturated carbocycles. The number of nitrogens with zero attached hydrogens (tertiary/aromatic N) is 3. The van der Waals surface area contributed by atoms with Crippen molar-refractivity contribution in [2.45, 2.75) is 39.4 Å². The van der Waals surface area contributed by atoms with Gasteiger partial charge in [0, 0.05) is 25.6 Å². The van der Waals surface area contributed by atoms with Crippen molar-refractivity contribution in [3.8, 4) is 0 Å². The van der Waals surface area contributed by atoms with Gasteiger partial charge in [-0.15, -0.1) is 11.3 Å². The van der Waals surface area contributed by atoms with E-state index in [4.69, 9.17) is 0 Å². The molecule has 3 rings (SSSR count). The Kier molecular flexibility index (Phi) is 5.28. The summed E-state index contributed by atoms with van der Waals surface area (Å²) in [5.41, 5.74) is 1.02. The third-order valence-corrected chi connectivity index (χ3v) is 4.98. The van der Waals surface area contributed by atoms with Crippen molar-refractivity contribution < 1.29 is 4.79 Å². The number of hydrogen-bond acceptors (Lipinski definition) is 4. The number of hydrogen-bond donors (Lipinski definition) is 0. The second-order valence-electron chi connectivity index (χ2n) is 6.23. The van der Waals surface area contributed by atoms with Gasteiger partial charge >= 0.3 is 0 Å². The average Bonchev–Trinajstić information content (AvgIpc) is 3.09. The third kappa shape index (κ3) is 3.96. The first-order valence-corrected chi connectivity index (χ1v) is 9.20. The zero-order valence-electron chi connectivity index (χ0n) is 14.4. The van der Waals surface area contributed by atoms with Crippen LogP contribution in [0, 0.1) is 0 Å². The van der Waals surface area contributed by atoms with E-state index in [9.17, 15) is 9.59 Å². The Labute approximate surface area is 150 Å². The Morgan fingerprint density at radius 3 is 2.72 bits per heavy atom. The molecule has 0 saturated heterocycles. The lowest BCUT2D eigenvalue weighted by atomic mass is 10.1. The molecule has 25 heavy (non-hydrogen) atoms. The number of carbonyl (C=O) groups is 1. The van der Waals surface area contributed by atoms with Gasteiger partial charge in [0.15, 0.2) is 0 Å². The van der Waals surface area contributed by atoms with E-state index in [0.717, 1.165) is 10.4 Å². The Morgan fingerprint density at radius 2 is 2.00 bits per heavy atom. The number of thiophene rings is 1. The van der Waals surface area contributed by atoms with Crippen molar-refractivity contribution in [3.63, 3.8) is 0 Å². The molecule has 2 heterocycles. The van der Waals surface area contributed by atoms with Crippen molar-refractivity contribution in [1.29, 1.82) is 0 Å². The largest absolute Gasteiger partial charge is 0.336 e. The molecule has 0 radical (unpaired) electrons. The number of aromatic nitrogens is 2. The minimum absolute atomic E-state index is 0.0381. The van der Waals surface area contributed by atoms with Crippen molar-refractivity contribution >= 4 is 27.5 Å². The maximum atomic E-state index is 12.7. The standard InChI is InChI=1S/C19H21N3O2S/c1-14(2)22(12-15-6-4-3-5-7-15)17(23)8-10-21-13-20-18-16(19(21)24)9-11-25-18/h3-7,9,11,13-14H,8,10,12H2,1-2H3. The van der Waals surface area contributed by atoms with Gasteiger partial charge in [0.25, 0.3) is 5.56 Å². The van der Waals surface area contributed by atoms with Gasteiger partial charge in [0.1, 0.15) is 4.83 Å². The number of carbonyl (C=O) groups excluding carboxylic acids is 1. The molecule has 0 atom stereocenters. The number of fused-ring (bicyclic) bond motifs is 1. The highest BCUT2D eigenvalue weighted by Crippen LogP contribution is 2.14. The van der Waals surface area contributed by atoms with Gasteiger partial charge in [-0.1, -0.05) is 30.3 Å². The van der Waals surface area contributed by atoms with Crippen LogP contribution in [0.5, 0.6) is 0 Å². The van der Waals surface area contributed by atoms with E-state index in [2.05, 4.69) is 4.98 Å². The molecule has 3 aromatic rings. The Balaban J connectivity index is 1.70. The summed E-state index contributed by atoms with van der Waals surface area (Å²) in [5.74, 6) is 0.0381. The first-order chi connectivity index (χ1) is 12.1. The highest BCUT2D eigenvalue weighted by atomic mass is 32.1. The fourth-order valence-electron chi connectivity index (χ4n) is 2.75. The van der Waals surface area contributed by atoms with E-state index in [0.29, 0.717) is 18.5 Å². The molecule has 0 N–H and O–H groups in total. The molecule has 0 spiro atoms. The first kappa shape index (κ1) is 17.4. The summed E-state index contributed by atoms with van der Waals surface area (Å²) in [5, 5.41) is 2.47. The molecular formula is C19H21N3O2S. The van der Waals surface area contributed by atoms with E-state index in [1.54, 1.807) is 6.07 Å². The van der Waals surface area contributed by atoms with Gasteiger partial charge in [-0.25, -0.2) is 4.98 Å². The van der Waals surface area contributed by atoms with E-state index >= 15 is 0 Å². The lowest BCUT2D eigenvalue weighted by Crippen LogP contribution is -2.37. The van der Waals surface area contributed by atoms with Gasteiger partial charge in [0.2, 0.25) is 5.91 Å². The van der Waals surface area contributed by atoms with Crippen molar-refractivity contribution in [3.05, 3.63) is 64.0 Å². The van der Waals surface area contributed by atoms with Crippen LogP contribution in [0.3, 0.4) is 0 Å². The van der Waals surface area contributed by atoms with Crippen molar-refractivity contribution in [2.75, 3.05) is 0 Å². The fraction of sp³-hybridized carbons (Fsp3) is 0.316. The minimum Gasteiger partial charge on any atom is -0.336 e. The maximum Gasteiger partial charge on any atom is 0.262 e. The molecule has 0 aliphatic rings. The zero-order chi connectivity index (χ0) is 17.8. The predicted molar refractivity (Wildman–Crippen MR) is 101 cm³/mol. The maximum absolute atomic E-state index is 12.7. The molecule has 2 aromatic heterocycles. The summed E-state index contributed by atoms with van der Waals surface area (Å²) in [6.07, 6.45) is 1.81. The normalized spacial score (nSPS) is 11.2. The second kappa shape index (κ2) is 7.61. The number of benzene rings is 1. The topological polar surface area (TPSA) is 55.2 Å². The van der Waals surface area contributed by atoms with Gasteiger partial charge < -0.3 is 4.90 Å². The van der Waals surface area contributed by atoms with Gasteiger partial charge in [-0.05, 0) is 30.9 Å². The molecule has 130 valence electrons. The third-order valence-electron chi connectivity index (χ3n) is 4.16. The molecule has 0 bridgehead atoms. The summed E-state index contributed by atoms with van der Waals surface area (Å²) in [7, 11) is 0. The predicted octanol–water partition coefficient (Wildman–Crippen LogP) is 3.29. The Hall–Kier alpha value is -2.47. The van der Waals surface area contributed by atoms with Crippen molar-refractivity contribution in [1.82, 2.24) is 14.5 Å². The Morgan fingerprint density at radius 1 is 1.24 bits per heavy atom. The van der Waals surface area contributed by atoms with E-state index < -0.39 is 0 Å². The van der Waals surface area contributed by atoms with Crippen LogP contribution in [0.2, 0.25) is 0 Å². The summed E-state index contributed by atoms with van der Waals surface area (Å²) >= 11 is 1.45. The summed E-state index contributed by atoms with van der Waals surface area (Å²) < 4.78 is 1.52. The molecule has 1 aromatic carbocycles. The first-order valence-electron chi connectivity index (χ1n) is 8.32. The highest BCUT2D eigenvalue weighted by molar-refractivity contribution is 7.16. The molecule has 0 fully saturated rings. The molecular weight excluding hydrogens is 334 g/mol. The molecule has 5 nitrogen and oxygen atoms in total. The second-order valence-corrected chi connectivity index (χ2v) is 7.13. The molecule has 0 aliphatic heterocycles. The zero-order valence-corrected chi connectivity index (χ0v) is 15.2. The monoisotopic (exact) mass is 355 g/mol. The molecule has 1 amide bonds. The van der Waals surface area contributed by atoms with Gasteiger partial charge in [-0.2, -0.15) is 0 Å². The van der Waals surface area contributed by atoms with E-state index in [1.165, 1.54) is 22.2 Å². The SMILES string of the molecule is CC(C)N(Cc1ccccc1)C(=O)CCn1cnc2sccc2c1=O. The van der Waals surface area contributed by atoms with Gasteiger partial charge in [0.05, 0.1) is 11.7 Å². The van der Waals surface area contributed by atoms with Crippen LogP contribution in [-0.4, -0.2) is 26.4 Å². The number of rotatable bonds is 6. The summed E-state index contributed by atoms with van der Waals surface area (Å²) in [4.78, 5) is 31.9. The van der Waals surface area contributed by atoms with Crippen LogP contribution in [0.1, 0.15) is 25.8 Å². The van der Waals surface area contributed by atoms with Crippen molar-refractivity contribution in [2.24, 2.45) is 0 Å². The van der Waals surface area contributed by atoms with Crippen LogP contribution < -0.4 is 5.56 Å². The lowest BCUT2D eigenvalue weighted by molar-refractivity contribution is -0.133. The molecule has 0 unspecified atom stereocenters. The molecule has 6 heteroatoms. The highest BCUT2D eigenvalue weighted by Gasteiger charge is 2.17. The number of aryl methyl sites for hydroxylation is 1. The Bertz CT molecular complexity index is 915. The summed E-state index contributed by atoms with van der Waals surface area (Å²) in [6.45, 7) is 4.93. The fourth-order valence-corrected chi connectivity index (χ4v) is 3.47. The molecule has 0 aliphatic carbocycles. The number of amides is 1. The lowest BCUT2D eigenvalue weighted by Gasteiger charge is -2.27. The van der Waals surface area contributed by atoms with Crippen LogP contribution in [-0.2, 0) is 17.9 Å². The quantitative estimate of drug-likeness (QED) is 0.682. The van der Waals surface area contributed by atoms with Crippen LogP contribution in [0.25, 0.3) is 10.2 Å². The smallest absolute Gasteiger partial charge is 0.262 e. The van der Waals surface area contributed by atoms with Crippen LogP contribution >= 0.6 is 11.3 Å². The minimum atomic E-state index is -0.0850. The van der Waals surface area contributed by atoms with Gasteiger partial charge in [-0.3, -0.25) is 14.2 Å². The summed E-state index contributed by atoms with van der Waals surface area (Å²) in [6, 6.07) is 11.8.